The summed E-state index contributed by atoms with van der Waals surface area (Å²) >= 11 is 6.09. The van der Waals surface area contributed by atoms with Crippen molar-refractivity contribution in [3.05, 3.63) is 69.7 Å². The van der Waals surface area contributed by atoms with Crippen molar-refractivity contribution in [1.82, 2.24) is 5.32 Å². The zero-order valence-corrected chi connectivity index (χ0v) is 13.0. The number of hydrogen-bond acceptors (Lipinski definition) is 2. The highest BCUT2D eigenvalue weighted by molar-refractivity contribution is 6.31. The molecule has 1 amide bonds. The molecule has 0 aromatic heterocycles. The van der Waals surface area contributed by atoms with Gasteiger partial charge in [-0.3, -0.25) is 9.59 Å². The normalized spacial score (nSPS) is 16.5. The molecule has 22 heavy (non-hydrogen) atoms. The van der Waals surface area contributed by atoms with Crippen LogP contribution >= 0.6 is 11.6 Å². The molecule has 1 aliphatic carbocycles. The first-order chi connectivity index (χ1) is 10.6. The minimum atomic E-state index is -0.397. The number of Topliss-reactive ketones (excluding diaryl/α,β-unsaturated/α-hetero) is 1. The van der Waals surface area contributed by atoms with Crippen molar-refractivity contribution in [3.63, 3.8) is 0 Å². The molecule has 0 heterocycles. The van der Waals surface area contributed by atoms with E-state index in [0.29, 0.717) is 17.1 Å². The fraction of sp³-hybridized carbons (Fsp3) is 0.222. The van der Waals surface area contributed by atoms with Crippen LogP contribution in [0.5, 0.6) is 0 Å². The van der Waals surface area contributed by atoms with Crippen LogP contribution in [0.15, 0.2) is 42.5 Å². The van der Waals surface area contributed by atoms with Crippen molar-refractivity contribution in [2.24, 2.45) is 0 Å². The van der Waals surface area contributed by atoms with Crippen LogP contribution in [-0.2, 0) is 11.3 Å². The van der Waals surface area contributed by atoms with Gasteiger partial charge in [0.15, 0.2) is 5.78 Å². The van der Waals surface area contributed by atoms with Crippen LogP contribution in [0.2, 0.25) is 5.02 Å². The molecule has 1 aliphatic rings. The number of ketones is 1. The van der Waals surface area contributed by atoms with E-state index >= 15 is 0 Å². The van der Waals surface area contributed by atoms with E-state index in [-0.39, 0.29) is 18.1 Å². The molecule has 0 spiro atoms. The van der Waals surface area contributed by atoms with Gasteiger partial charge in [-0.25, -0.2) is 0 Å². The molecule has 112 valence electrons. The first kappa shape index (κ1) is 14.8. The molecule has 0 bridgehead atoms. The van der Waals surface area contributed by atoms with Crippen molar-refractivity contribution >= 4 is 23.3 Å². The molecule has 4 heteroatoms. The lowest BCUT2D eigenvalue weighted by molar-refractivity contribution is -0.122. The number of carbonyl (C=O) groups is 2. The van der Waals surface area contributed by atoms with Crippen molar-refractivity contribution in [2.75, 3.05) is 0 Å². The van der Waals surface area contributed by atoms with E-state index in [1.807, 2.05) is 37.3 Å². The monoisotopic (exact) mass is 313 g/mol. The van der Waals surface area contributed by atoms with Gasteiger partial charge in [0.25, 0.3) is 0 Å². The van der Waals surface area contributed by atoms with Crippen molar-refractivity contribution in [1.29, 1.82) is 0 Å². The lowest BCUT2D eigenvalue weighted by Gasteiger charge is -2.14. The fourth-order valence-electron chi connectivity index (χ4n) is 2.95. The second kappa shape index (κ2) is 5.93. The predicted octanol–water partition coefficient (Wildman–Crippen LogP) is 3.63. The summed E-state index contributed by atoms with van der Waals surface area (Å²) in [6.07, 6.45) is 0.245. The smallest absolute Gasteiger partial charge is 0.228 e. The quantitative estimate of drug-likeness (QED) is 0.940. The molecule has 1 atom stereocenters. The Bertz CT molecular complexity index is 755. The van der Waals surface area contributed by atoms with Crippen LogP contribution in [0, 0.1) is 6.92 Å². The zero-order valence-electron chi connectivity index (χ0n) is 12.2. The molecule has 1 N–H and O–H groups in total. The van der Waals surface area contributed by atoms with Crippen LogP contribution in [0.1, 0.15) is 39.4 Å². The molecule has 0 saturated carbocycles. The Kier molecular flexibility index (Phi) is 3.99. The number of benzene rings is 2. The number of hydrogen-bond donors (Lipinski definition) is 1. The second-order valence-corrected chi connectivity index (χ2v) is 5.93. The largest absolute Gasteiger partial charge is 0.351 e. The molecule has 3 nitrogen and oxygen atoms in total. The topological polar surface area (TPSA) is 46.2 Å². The van der Waals surface area contributed by atoms with Gasteiger partial charge >= 0.3 is 0 Å². The first-order valence-electron chi connectivity index (χ1n) is 7.21. The van der Waals surface area contributed by atoms with E-state index in [1.54, 1.807) is 12.1 Å². The van der Waals surface area contributed by atoms with Gasteiger partial charge in [0, 0.05) is 23.6 Å². The Balaban J connectivity index is 1.78. The maximum absolute atomic E-state index is 12.5. The minimum absolute atomic E-state index is 0.0385. The van der Waals surface area contributed by atoms with E-state index in [2.05, 4.69) is 5.32 Å². The highest BCUT2D eigenvalue weighted by Gasteiger charge is 2.35. The highest BCUT2D eigenvalue weighted by atomic mass is 35.5. The van der Waals surface area contributed by atoms with Gasteiger partial charge in [-0.2, -0.15) is 0 Å². The number of carbonyl (C=O) groups excluding carboxylic acids is 2. The maximum Gasteiger partial charge on any atom is 0.228 e. The summed E-state index contributed by atoms with van der Waals surface area (Å²) in [5.41, 5.74) is 3.40. The van der Waals surface area contributed by atoms with Crippen LogP contribution in [-0.4, -0.2) is 11.7 Å². The SMILES string of the molecule is Cc1cccc2c1C(C(=O)NCc1ccccc1Cl)CC2=O. The van der Waals surface area contributed by atoms with Crippen molar-refractivity contribution < 1.29 is 9.59 Å². The number of halogens is 1. The van der Waals surface area contributed by atoms with Crippen LogP contribution in [0.3, 0.4) is 0 Å². The molecular weight excluding hydrogens is 298 g/mol. The average Bonchev–Trinajstić information content (AvgIpc) is 2.85. The van der Waals surface area contributed by atoms with Crippen molar-refractivity contribution in [3.8, 4) is 0 Å². The summed E-state index contributed by atoms with van der Waals surface area (Å²) < 4.78 is 0. The number of aryl methyl sites for hydroxylation is 1. The van der Waals surface area contributed by atoms with Crippen LogP contribution < -0.4 is 5.32 Å². The van der Waals surface area contributed by atoms with Gasteiger partial charge in [0.2, 0.25) is 5.91 Å². The molecule has 2 aromatic rings. The molecular formula is C18H16ClNO2. The highest BCUT2D eigenvalue weighted by Crippen LogP contribution is 2.35. The first-order valence-corrected chi connectivity index (χ1v) is 7.59. The second-order valence-electron chi connectivity index (χ2n) is 5.53. The van der Waals surface area contributed by atoms with Gasteiger partial charge in [0.1, 0.15) is 0 Å². The molecule has 3 rings (SSSR count). The Hall–Kier alpha value is -2.13. The minimum Gasteiger partial charge on any atom is -0.351 e. The van der Waals surface area contributed by atoms with Gasteiger partial charge in [-0.15, -0.1) is 0 Å². The number of nitrogens with one attached hydrogen (secondary N) is 1. The Labute approximate surface area is 134 Å². The Morgan fingerprint density at radius 3 is 2.77 bits per heavy atom. The number of amides is 1. The zero-order chi connectivity index (χ0) is 15.7. The third-order valence-electron chi connectivity index (χ3n) is 4.09. The Morgan fingerprint density at radius 1 is 1.23 bits per heavy atom. The number of fused-ring (bicyclic) bond motifs is 1. The lowest BCUT2D eigenvalue weighted by atomic mass is 9.96. The third kappa shape index (κ3) is 2.64. The van der Waals surface area contributed by atoms with E-state index in [9.17, 15) is 9.59 Å². The third-order valence-corrected chi connectivity index (χ3v) is 4.46. The predicted molar refractivity (Wildman–Crippen MR) is 86.2 cm³/mol. The summed E-state index contributed by atoms with van der Waals surface area (Å²) in [4.78, 5) is 24.5. The van der Waals surface area contributed by atoms with Gasteiger partial charge in [-0.05, 0) is 29.7 Å². The molecule has 0 radical (unpaired) electrons. The Morgan fingerprint density at radius 2 is 2.00 bits per heavy atom. The van der Waals surface area contributed by atoms with Gasteiger partial charge in [0.05, 0.1) is 5.92 Å². The molecule has 0 fully saturated rings. The fourth-order valence-corrected chi connectivity index (χ4v) is 3.16. The van der Waals surface area contributed by atoms with Gasteiger partial charge in [-0.1, -0.05) is 48.0 Å². The molecule has 0 saturated heterocycles. The summed E-state index contributed by atoms with van der Waals surface area (Å²) in [5.74, 6) is -0.482. The summed E-state index contributed by atoms with van der Waals surface area (Å²) in [5, 5.41) is 3.52. The van der Waals surface area contributed by atoms with Crippen LogP contribution in [0.4, 0.5) is 0 Å². The van der Waals surface area contributed by atoms with Gasteiger partial charge < -0.3 is 5.32 Å². The molecule has 2 aromatic carbocycles. The molecule has 0 aliphatic heterocycles. The standard InChI is InChI=1S/C18H16ClNO2/c1-11-5-4-7-13-16(21)9-14(17(11)13)18(22)20-10-12-6-2-3-8-15(12)19/h2-8,14H,9-10H2,1H3,(H,20,22). The lowest BCUT2D eigenvalue weighted by Crippen LogP contribution is -2.28. The summed E-state index contributed by atoms with van der Waals surface area (Å²) in [7, 11) is 0. The average molecular weight is 314 g/mol. The van der Waals surface area contributed by atoms with Crippen LogP contribution in [0.25, 0.3) is 0 Å². The maximum atomic E-state index is 12.5. The molecule has 1 unspecified atom stereocenters. The summed E-state index contributed by atoms with van der Waals surface area (Å²) in [6, 6.07) is 13.0. The van der Waals surface area contributed by atoms with E-state index < -0.39 is 5.92 Å². The van der Waals surface area contributed by atoms with E-state index in [1.165, 1.54) is 0 Å². The van der Waals surface area contributed by atoms with Crippen molar-refractivity contribution in [2.45, 2.75) is 25.8 Å². The summed E-state index contributed by atoms with van der Waals surface area (Å²) in [6.45, 7) is 2.30. The van der Waals surface area contributed by atoms with E-state index in [4.69, 9.17) is 11.6 Å². The number of rotatable bonds is 3. The van der Waals surface area contributed by atoms with E-state index in [0.717, 1.165) is 16.7 Å².